The zero-order chi connectivity index (χ0) is 14.5. The molecule has 0 saturated heterocycles. The van der Waals surface area contributed by atoms with Crippen LogP contribution < -0.4 is 15.2 Å². The summed E-state index contributed by atoms with van der Waals surface area (Å²) in [4.78, 5) is 4.09. The minimum Gasteiger partial charge on any atom is -0.493 e. The van der Waals surface area contributed by atoms with Gasteiger partial charge in [-0.05, 0) is 17.7 Å². The van der Waals surface area contributed by atoms with Crippen LogP contribution in [0.4, 0.5) is 0 Å². The molecule has 2 aromatic rings. The van der Waals surface area contributed by atoms with E-state index in [1.807, 2.05) is 18.2 Å². The third-order valence-electron chi connectivity index (χ3n) is 2.80. The Balaban J connectivity index is 2.15. The Kier molecular flexibility index (Phi) is 4.54. The zero-order valence-corrected chi connectivity index (χ0v) is 11.4. The number of aliphatic hydroxyl groups excluding tert-OH is 1. The van der Waals surface area contributed by atoms with Gasteiger partial charge in [-0.1, -0.05) is 11.2 Å². The van der Waals surface area contributed by atoms with Crippen LogP contribution in [0.2, 0.25) is 0 Å². The lowest BCUT2D eigenvalue weighted by molar-refractivity contribution is 0.141. The second kappa shape index (κ2) is 6.36. The predicted molar refractivity (Wildman–Crippen MR) is 70.7 cm³/mol. The van der Waals surface area contributed by atoms with Crippen molar-refractivity contribution in [2.45, 2.75) is 12.5 Å². The summed E-state index contributed by atoms with van der Waals surface area (Å²) in [5, 5.41) is 13.3. The SMILES string of the molecule is COc1ccc(Cc2noc(C(O)CN)n2)cc1OC. The highest BCUT2D eigenvalue weighted by Crippen LogP contribution is 2.28. The molecule has 1 atom stereocenters. The smallest absolute Gasteiger partial charge is 0.256 e. The fourth-order valence-electron chi connectivity index (χ4n) is 1.75. The van der Waals surface area contributed by atoms with Gasteiger partial charge in [-0.3, -0.25) is 0 Å². The van der Waals surface area contributed by atoms with Crippen LogP contribution in [0.25, 0.3) is 0 Å². The van der Waals surface area contributed by atoms with Crippen molar-refractivity contribution in [2.75, 3.05) is 20.8 Å². The van der Waals surface area contributed by atoms with E-state index in [1.165, 1.54) is 0 Å². The lowest BCUT2D eigenvalue weighted by atomic mass is 10.1. The highest BCUT2D eigenvalue weighted by atomic mass is 16.5. The third kappa shape index (κ3) is 3.06. The Hall–Kier alpha value is -2.12. The molecule has 0 spiro atoms. The number of aromatic nitrogens is 2. The molecule has 2 rings (SSSR count). The fraction of sp³-hybridized carbons (Fsp3) is 0.385. The maximum absolute atomic E-state index is 9.50. The summed E-state index contributed by atoms with van der Waals surface area (Å²) >= 11 is 0. The average molecular weight is 279 g/mol. The topological polar surface area (TPSA) is 104 Å². The van der Waals surface area contributed by atoms with Crippen molar-refractivity contribution < 1.29 is 19.1 Å². The van der Waals surface area contributed by atoms with E-state index >= 15 is 0 Å². The van der Waals surface area contributed by atoms with Gasteiger partial charge in [0.25, 0.3) is 5.89 Å². The second-order valence-electron chi connectivity index (χ2n) is 4.17. The van der Waals surface area contributed by atoms with Crippen LogP contribution in [0.5, 0.6) is 11.5 Å². The molecule has 108 valence electrons. The molecular formula is C13H17N3O4. The number of methoxy groups -OCH3 is 2. The Labute approximate surface area is 116 Å². The van der Waals surface area contributed by atoms with Gasteiger partial charge in [0.05, 0.1) is 14.2 Å². The number of hydrogen-bond donors (Lipinski definition) is 2. The van der Waals surface area contributed by atoms with Crippen LogP contribution in [-0.2, 0) is 6.42 Å². The molecule has 1 aromatic heterocycles. The Morgan fingerprint density at radius 3 is 2.70 bits per heavy atom. The van der Waals surface area contributed by atoms with Gasteiger partial charge in [0, 0.05) is 13.0 Å². The molecule has 7 heteroatoms. The van der Waals surface area contributed by atoms with Crippen LogP contribution in [-0.4, -0.2) is 36.0 Å². The van der Waals surface area contributed by atoms with Crippen LogP contribution in [0.15, 0.2) is 22.7 Å². The van der Waals surface area contributed by atoms with E-state index in [0.29, 0.717) is 23.7 Å². The molecule has 0 radical (unpaired) electrons. The predicted octanol–water partition coefficient (Wildman–Crippen LogP) is 0.670. The Morgan fingerprint density at radius 2 is 2.05 bits per heavy atom. The van der Waals surface area contributed by atoms with Crippen molar-refractivity contribution >= 4 is 0 Å². The molecule has 0 amide bonds. The van der Waals surface area contributed by atoms with Crippen molar-refractivity contribution in [3.8, 4) is 11.5 Å². The van der Waals surface area contributed by atoms with Crippen LogP contribution in [0.3, 0.4) is 0 Å². The molecule has 0 aliphatic rings. The lowest BCUT2D eigenvalue weighted by Crippen LogP contribution is -2.11. The van der Waals surface area contributed by atoms with E-state index in [2.05, 4.69) is 10.1 Å². The van der Waals surface area contributed by atoms with Crippen molar-refractivity contribution in [1.82, 2.24) is 10.1 Å². The quantitative estimate of drug-likeness (QED) is 0.800. The minimum absolute atomic E-state index is 0.0397. The van der Waals surface area contributed by atoms with Gasteiger partial charge in [-0.2, -0.15) is 4.98 Å². The summed E-state index contributed by atoms with van der Waals surface area (Å²) in [6.07, 6.45) is -0.470. The summed E-state index contributed by atoms with van der Waals surface area (Å²) in [7, 11) is 3.16. The second-order valence-corrected chi connectivity index (χ2v) is 4.17. The first-order chi connectivity index (χ1) is 9.67. The van der Waals surface area contributed by atoms with Crippen LogP contribution in [0.1, 0.15) is 23.4 Å². The molecule has 3 N–H and O–H groups in total. The molecule has 0 aliphatic carbocycles. The first kappa shape index (κ1) is 14.3. The lowest BCUT2D eigenvalue weighted by Gasteiger charge is -2.08. The number of rotatable bonds is 6. The van der Waals surface area contributed by atoms with Gasteiger partial charge >= 0.3 is 0 Å². The van der Waals surface area contributed by atoms with E-state index in [0.717, 1.165) is 5.56 Å². The van der Waals surface area contributed by atoms with Crippen LogP contribution in [0, 0.1) is 0 Å². The highest BCUT2D eigenvalue weighted by molar-refractivity contribution is 5.43. The molecule has 7 nitrogen and oxygen atoms in total. The maximum atomic E-state index is 9.50. The number of nitrogens with two attached hydrogens (primary N) is 1. The monoisotopic (exact) mass is 279 g/mol. The van der Waals surface area contributed by atoms with E-state index < -0.39 is 6.10 Å². The molecule has 20 heavy (non-hydrogen) atoms. The van der Waals surface area contributed by atoms with Gasteiger partial charge in [-0.25, -0.2) is 0 Å². The largest absolute Gasteiger partial charge is 0.493 e. The highest BCUT2D eigenvalue weighted by Gasteiger charge is 2.15. The molecular weight excluding hydrogens is 262 g/mol. The summed E-state index contributed by atoms with van der Waals surface area (Å²) in [5.41, 5.74) is 6.27. The van der Waals surface area contributed by atoms with Gasteiger partial charge in [-0.15, -0.1) is 0 Å². The number of benzene rings is 1. The fourth-order valence-corrected chi connectivity index (χ4v) is 1.75. The Morgan fingerprint density at radius 1 is 1.30 bits per heavy atom. The summed E-state index contributed by atoms with van der Waals surface area (Å²) in [5.74, 6) is 1.89. The van der Waals surface area contributed by atoms with Crippen molar-refractivity contribution in [3.05, 3.63) is 35.5 Å². The standard InChI is InChI=1S/C13H17N3O4/c1-18-10-4-3-8(5-11(10)19-2)6-12-15-13(20-16-12)9(17)7-14/h3-5,9,17H,6-7,14H2,1-2H3. The molecule has 1 unspecified atom stereocenters. The van der Waals surface area contributed by atoms with Gasteiger partial charge < -0.3 is 24.8 Å². The average Bonchev–Trinajstić information content (AvgIpc) is 2.94. The third-order valence-corrected chi connectivity index (χ3v) is 2.80. The molecule has 1 aromatic carbocycles. The minimum atomic E-state index is -0.929. The number of nitrogens with zero attached hydrogens (tertiary/aromatic N) is 2. The number of hydrogen-bond acceptors (Lipinski definition) is 7. The normalized spacial score (nSPS) is 12.2. The van der Waals surface area contributed by atoms with Gasteiger partial charge in [0.15, 0.2) is 17.3 Å². The van der Waals surface area contributed by atoms with E-state index in [1.54, 1.807) is 14.2 Å². The molecule has 0 fully saturated rings. The van der Waals surface area contributed by atoms with Crippen molar-refractivity contribution in [3.63, 3.8) is 0 Å². The summed E-state index contributed by atoms with van der Waals surface area (Å²) in [6.45, 7) is 0.0397. The first-order valence-corrected chi connectivity index (χ1v) is 6.09. The zero-order valence-electron chi connectivity index (χ0n) is 11.4. The van der Waals surface area contributed by atoms with E-state index in [4.69, 9.17) is 19.7 Å². The number of ether oxygens (including phenoxy) is 2. The first-order valence-electron chi connectivity index (χ1n) is 6.09. The van der Waals surface area contributed by atoms with Gasteiger partial charge in [0.2, 0.25) is 0 Å². The number of aliphatic hydroxyl groups is 1. The van der Waals surface area contributed by atoms with Gasteiger partial charge in [0.1, 0.15) is 6.10 Å². The Bertz CT molecular complexity index is 570. The summed E-state index contributed by atoms with van der Waals surface area (Å²) < 4.78 is 15.3. The molecule has 0 bridgehead atoms. The summed E-state index contributed by atoms with van der Waals surface area (Å²) in [6, 6.07) is 5.54. The maximum Gasteiger partial charge on any atom is 0.256 e. The van der Waals surface area contributed by atoms with Crippen molar-refractivity contribution in [2.24, 2.45) is 5.73 Å². The molecule has 0 aliphatic heterocycles. The van der Waals surface area contributed by atoms with E-state index in [9.17, 15) is 5.11 Å². The molecule has 0 saturated carbocycles. The van der Waals surface area contributed by atoms with Crippen LogP contribution >= 0.6 is 0 Å². The van der Waals surface area contributed by atoms with Crippen molar-refractivity contribution in [1.29, 1.82) is 0 Å². The van der Waals surface area contributed by atoms with E-state index in [-0.39, 0.29) is 12.4 Å². The molecule has 1 heterocycles.